The van der Waals surface area contributed by atoms with Gasteiger partial charge in [0.05, 0.1) is 18.2 Å². The van der Waals surface area contributed by atoms with Gasteiger partial charge in [-0.25, -0.2) is 4.98 Å². The number of pyridine rings is 1. The summed E-state index contributed by atoms with van der Waals surface area (Å²) in [5.74, 6) is 0.129. The molecule has 3 heterocycles. The summed E-state index contributed by atoms with van der Waals surface area (Å²) in [5, 5.41) is 9.72. The van der Waals surface area contributed by atoms with Crippen LogP contribution in [0.1, 0.15) is 19.0 Å². The molecule has 23 heavy (non-hydrogen) atoms. The van der Waals surface area contributed by atoms with Crippen molar-refractivity contribution >= 4 is 11.6 Å². The Morgan fingerprint density at radius 2 is 2.09 bits per heavy atom. The highest BCUT2D eigenvalue weighted by Gasteiger charge is 2.22. The molecular weight excluding hydrogens is 292 g/mol. The highest BCUT2D eigenvalue weighted by molar-refractivity contribution is 5.78. The second-order valence-electron chi connectivity index (χ2n) is 6.12. The second kappa shape index (κ2) is 7.10. The fraction of sp³-hybridized carbons (Fsp3) is 0.529. The number of hydrogen-bond donors (Lipinski definition) is 1. The number of aliphatic hydroxyl groups excluding tert-OH is 1. The quantitative estimate of drug-likeness (QED) is 0.886. The highest BCUT2D eigenvalue weighted by atomic mass is 16.3. The van der Waals surface area contributed by atoms with E-state index in [2.05, 4.69) is 9.88 Å². The molecule has 0 aromatic carbocycles. The summed E-state index contributed by atoms with van der Waals surface area (Å²) in [5.41, 5.74) is 1.68. The van der Waals surface area contributed by atoms with E-state index in [0.717, 1.165) is 43.9 Å². The predicted molar refractivity (Wildman–Crippen MR) is 88.2 cm³/mol. The van der Waals surface area contributed by atoms with E-state index < -0.39 is 0 Å². The number of imidazole rings is 1. The van der Waals surface area contributed by atoms with E-state index in [1.54, 1.807) is 0 Å². The molecule has 2 aromatic rings. The molecule has 1 aliphatic rings. The van der Waals surface area contributed by atoms with Gasteiger partial charge in [-0.1, -0.05) is 13.0 Å². The first-order valence-corrected chi connectivity index (χ1v) is 8.26. The van der Waals surface area contributed by atoms with Gasteiger partial charge in [0.15, 0.2) is 0 Å². The summed E-state index contributed by atoms with van der Waals surface area (Å²) < 4.78 is 1.94. The van der Waals surface area contributed by atoms with Crippen LogP contribution in [-0.2, 0) is 11.2 Å². The molecule has 0 aliphatic carbocycles. The van der Waals surface area contributed by atoms with Gasteiger partial charge in [0, 0.05) is 45.1 Å². The molecule has 1 saturated heterocycles. The normalized spacial score (nSPS) is 17.6. The third kappa shape index (κ3) is 3.89. The molecular formula is C17H24N4O2. The van der Waals surface area contributed by atoms with E-state index in [-0.39, 0.29) is 12.0 Å². The van der Waals surface area contributed by atoms with Gasteiger partial charge in [0.25, 0.3) is 0 Å². The molecule has 1 N–H and O–H groups in total. The zero-order valence-corrected chi connectivity index (χ0v) is 13.6. The van der Waals surface area contributed by atoms with Gasteiger partial charge in [0.1, 0.15) is 5.65 Å². The lowest BCUT2D eigenvalue weighted by atomic mass is 10.2. The Kier molecular flexibility index (Phi) is 4.93. The van der Waals surface area contributed by atoms with Gasteiger partial charge in [-0.3, -0.25) is 9.69 Å². The first-order chi connectivity index (χ1) is 11.2. The first-order valence-electron chi connectivity index (χ1n) is 8.26. The van der Waals surface area contributed by atoms with E-state index in [1.807, 2.05) is 46.8 Å². The molecule has 1 fully saturated rings. The number of amides is 1. The fourth-order valence-electron chi connectivity index (χ4n) is 2.95. The minimum atomic E-state index is -0.268. The van der Waals surface area contributed by atoms with E-state index in [9.17, 15) is 9.90 Å². The van der Waals surface area contributed by atoms with Crippen molar-refractivity contribution in [3.8, 4) is 0 Å². The lowest BCUT2D eigenvalue weighted by Gasteiger charge is -2.35. The van der Waals surface area contributed by atoms with Crippen molar-refractivity contribution in [1.82, 2.24) is 19.2 Å². The number of carbonyl (C=O) groups excluding carboxylic acids is 1. The molecule has 0 radical (unpaired) electrons. The minimum absolute atomic E-state index is 0.129. The summed E-state index contributed by atoms with van der Waals surface area (Å²) in [7, 11) is 0. The average Bonchev–Trinajstić information content (AvgIpc) is 2.97. The number of nitrogens with zero attached hydrogens (tertiary/aromatic N) is 4. The molecule has 0 unspecified atom stereocenters. The number of aromatic nitrogens is 2. The predicted octanol–water partition coefficient (Wildman–Crippen LogP) is 0.792. The van der Waals surface area contributed by atoms with Crippen LogP contribution in [0.3, 0.4) is 0 Å². The fourth-order valence-corrected chi connectivity index (χ4v) is 2.95. The van der Waals surface area contributed by atoms with Crippen LogP contribution in [0.4, 0.5) is 0 Å². The van der Waals surface area contributed by atoms with Crippen LogP contribution in [-0.4, -0.2) is 69.0 Å². The summed E-state index contributed by atoms with van der Waals surface area (Å²) >= 11 is 0. The highest BCUT2D eigenvalue weighted by Crippen LogP contribution is 2.09. The third-order valence-electron chi connectivity index (χ3n) is 4.41. The Bertz CT molecular complexity index is 628. The lowest BCUT2D eigenvalue weighted by molar-refractivity contribution is -0.132. The van der Waals surface area contributed by atoms with E-state index in [4.69, 9.17) is 0 Å². The number of rotatable bonds is 5. The van der Waals surface area contributed by atoms with E-state index in [1.165, 1.54) is 0 Å². The molecule has 3 rings (SSSR count). The van der Waals surface area contributed by atoms with Crippen LogP contribution in [0.25, 0.3) is 5.65 Å². The van der Waals surface area contributed by atoms with Crippen LogP contribution in [0.15, 0.2) is 30.6 Å². The zero-order chi connectivity index (χ0) is 16.2. The maximum Gasteiger partial charge on any atom is 0.228 e. The van der Waals surface area contributed by atoms with Crippen LogP contribution in [0.2, 0.25) is 0 Å². The van der Waals surface area contributed by atoms with Crippen molar-refractivity contribution in [1.29, 1.82) is 0 Å². The minimum Gasteiger partial charge on any atom is -0.392 e. The van der Waals surface area contributed by atoms with Crippen LogP contribution in [0, 0.1) is 0 Å². The molecule has 124 valence electrons. The van der Waals surface area contributed by atoms with Crippen molar-refractivity contribution in [3.05, 3.63) is 36.3 Å². The molecule has 0 saturated carbocycles. The topological polar surface area (TPSA) is 61.1 Å². The van der Waals surface area contributed by atoms with Crippen molar-refractivity contribution in [2.45, 2.75) is 25.9 Å². The molecule has 2 aromatic heterocycles. The van der Waals surface area contributed by atoms with Gasteiger partial charge >= 0.3 is 0 Å². The van der Waals surface area contributed by atoms with Crippen LogP contribution < -0.4 is 0 Å². The molecule has 6 nitrogen and oxygen atoms in total. The number of aliphatic hydroxyl groups is 1. The SMILES string of the molecule is CC[C@@H](O)CN1CCN(C(=O)Cc2cn3ccccc3n2)CC1. The van der Waals surface area contributed by atoms with E-state index in [0.29, 0.717) is 13.0 Å². The molecule has 6 heteroatoms. The Balaban J connectivity index is 1.53. The van der Waals surface area contributed by atoms with Crippen molar-refractivity contribution < 1.29 is 9.90 Å². The molecule has 0 spiro atoms. The largest absolute Gasteiger partial charge is 0.392 e. The van der Waals surface area contributed by atoms with Gasteiger partial charge in [-0.2, -0.15) is 0 Å². The molecule has 1 amide bonds. The molecule has 1 aliphatic heterocycles. The third-order valence-corrected chi connectivity index (χ3v) is 4.41. The van der Waals surface area contributed by atoms with Crippen molar-refractivity contribution in [3.63, 3.8) is 0 Å². The average molecular weight is 316 g/mol. The summed E-state index contributed by atoms with van der Waals surface area (Å²) in [4.78, 5) is 21.0. The summed E-state index contributed by atoms with van der Waals surface area (Å²) in [6.45, 7) is 5.79. The standard InChI is InChI=1S/C17H24N4O2/c1-2-15(22)13-19-7-9-20(10-8-19)17(23)11-14-12-21-6-4-3-5-16(21)18-14/h3-6,12,15,22H,2,7-11,13H2,1H3/t15-/m1/s1. The lowest BCUT2D eigenvalue weighted by Crippen LogP contribution is -2.50. The first kappa shape index (κ1) is 16.0. The smallest absolute Gasteiger partial charge is 0.228 e. The Morgan fingerprint density at radius 3 is 2.78 bits per heavy atom. The van der Waals surface area contributed by atoms with Crippen molar-refractivity contribution in [2.24, 2.45) is 0 Å². The second-order valence-corrected chi connectivity index (χ2v) is 6.12. The number of carbonyl (C=O) groups is 1. The number of hydrogen-bond acceptors (Lipinski definition) is 4. The van der Waals surface area contributed by atoms with Crippen LogP contribution in [0.5, 0.6) is 0 Å². The number of piperazine rings is 1. The van der Waals surface area contributed by atoms with E-state index >= 15 is 0 Å². The maximum atomic E-state index is 12.4. The Labute approximate surface area is 136 Å². The Morgan fingerprint density at radius 1 is 1.30 bits per heavy atom. The van der Waals surface area contributed by atoms with Crippen LogP contribution >= 0.6 is 0 Å². The number of fused-ring (bicyclic) bond motifs is 1. The monoisotopic (exact) mass is 316 g/mol. The van der Waals surface area contributed by atoms with Gasteiger partial charge < -0.3 is 14.4 Å². The van der Waals surface area contributed by atoms with Gasteiger partial charge in [0.2, 0.25) is 5.91 Å². The number of β-amino-alcohol motifs (C(OH)–C–C–N with tert-alkyl or cyclic N) is 1. The molecule has 1 atom stereocenters. The van der Waals surface area contributed by atoms with Gasteiger partial charge in [-0.05, 0) is 18.6 Å². The zero-order valence-electron chi connectivity index (χ0n) is 13.6. The Hall–Kier alpha value is -1.92. The van der Waals surface area contributed by atoms with Crippen molar-refractivity contribution in [2.75, 3.05) is 32.7 Å². The molecule has 0 bridgehead atoms. The summed E-state index contributed by atoms with van der Waals surface area (Å²) in [6, 6.07) is 5.83. The van der Waals surface area contributed by atoms with Gasteiger partial charge in [-0.15, -0.1) is 0 Å². The summed E-state index contributed by atoms with van der Waals surface area (Å²) in [6.07, 6.45) is 4.71. The maximum absolute atomic E-state index is 12.4.